The Morgan fingerprint density at radius 3 is 2.48 bits per heavy atom. The van der Waals surface area contributed by atoms with Crippen molar-refractivity contribution >= 4 is 21.8 Å². The largest absolute Gasteiger partial charge is 0.392 e. The summed E-state index contributed by atoms with van der Waals surface area (Å²) in [6.45, 7) is 4.22. The molecule has 0 radical (unpaired) electrons. The maximum absolute atomic E-state index is 13.6. The van der Waals surface area contributed by atoms with Gasteiger partial charge in [0.2, 0.25) is 5.91 Å². The second kappa shape index (κ2) is 15.1. The zero-order chi connectivity index (χ0) is 31.9. The molecule has 44 heavy (non-hydrogen) atoms. The molecule has 11 heteroatoms. The first-order valence-electron chi connectivity index (χ1n) is 15.3. The van der Waals surface area contributed by atoms with Gasteiger partial charge in [-0.15, -0.1) is 4.41 Å². The van der Waals surface area contributed by atoms with Crippen LogP contribution in [-0.4, -0.2) is 66.2 Å². The monoisotopic (exact) mass is 624 g/mol. The van der Waals surface area contributed by atoms with E-state index in [1.54, 1.807) is 0 Å². The number of allylic oxidation sites excluding steroid dienone is 1. The topological polar surface area (TPSA) is 162 Å². The number of nitrogens with one attached hydrogen (secondary N) is 2. The Balaban J connectivity index is 1.42. The number of nitrogens with zero attached hydrogens (tertiary/aromatic N) is 1. The number of hydrogen-bond acceptors (Lipinski definition) is 7. The third-order valence-electron chi connectivity index (χ3n) is 8.24. The van der Waals surface area contributed by atoms with Crippen molar-refractivity contribution in [2.45, 2.75) is 75.5 Å². The van der Waals surface area contributed by atoms with Crippen molar-refractivity contribution in [3.63, 3.8) is 0 Å². The van der Waals surface area contributed by atoms with E-state index >= 15 is 0 Å². The van der Waals surface area contributed by atoms with Crippen LogP contribution in [0.5, 0.6) is 0 Å². The number of hydrazine groups is 1. The van der Waals surface area contributed by atoms with E-state index in [-0.39, 0.29) is 23.1 Å². The fourth-order valence-corrected chi connectivity index (χ4v) is 6.91. The number of hydrogen-bond donors (Lipinski definition) is 5. The predicted octanol–water partition coefficient (Wildman–Crippen LogP) is 2.83. The Bertz CT molecular complexity index is 1460. The summed E-state index contributed by atoms with van der Waals surface area (Å²) in [6.07, 6.45) is 5.45. The zero-order valence-electron chi connectivity index (χ0n) is 25.4. The molecule has 0 fully saturated rings. The molecular weight excluding hydrogens is 580 g/mol. The van der Waals surface area contributed by atoms with Crippen LogP contribution in [0.15, 0.2) is 82.8 Å². The molecule has 0 bridgehead atoms. The number of sulfonamides is 1. The molecule has 2 aromatic rings. The summed E-state index contributed by atoms with van der Waals surface area (Å²) in [7, 11) is -4.18. The molecule has 0 aliphatic heterocycles. The number of benzene rings is 2. The highest BCUT2D eigenvalue weighted by Gasteiger charge is 2.37. The third kappa shape index (κ3) is 8.42. The van der Waals surface area contributed by atoms with Crippen molar-refractivity contribution in [3.05, 3.63) is 89.0 Å². The number of aliphatic hydroxyl groups excluding tert-OH is 2. The molecule has 10 nitrogen and oxygen atoms in total. The van der Waals surface area contributed by atoms with Crippen LogP contribution in [0.3, 0.4) is 0 Å². The van der Waals surface area contributed by atoms with Gasteiger partial charge in [0.15, 0.2) is 0 Å². The summed E-state index contributed by atoms with van der Waals surface area (Å²) in [5.74, 6) is 4.99. The molecule has 4 rings (SSSR count). The van der Waals surface area contributed by atoms with E-state index in [9.17, 15) is 28.2 Å². The van der Waals surface area contributed by atoms with Crippen molar-refractivity contribution in [2.75, 3.05) is 13.1 Å². The van der Waals surface area contributed by atoms with E-state index in [2.05, 4.69) is 23.6 Å². The number of nitrogens with two attached hydrogens (primary N) is 1. The van der Waals surface area contributed by atoms with Gasteiger partial charge in [-0.05, 0) is 73.4 Å². The van der Waals surface area contributed by atoms with Gasteiger partial charge in [0.25, 0.3) is 15.9 Å². The molecule has 0 saturated heterocycles. The SMILES string of the molecule is CCCCNC(=O)c1ccc(S(=O)(=O)N(N)CC(O)CC(Cc2ccccc2)C(=O)NC2C3=C(CC(C)C=C3)CC2O)cc1. The molecule has 5 atom stereocenters. The summed E-state index contributed by atoms with van der Waals surface area (Å²) in [5.41, 5.74) is 3.29. The third-order valence-corrected chi connectivity index (χ3v) is 9.87. The summed E-state index contributed by atoms with van der Waals surface area (Å²) in [6, 6.07) is 14.3. The van der Waals surface area contributed by atoms with Gasteiger partial charge in [0.05, 0.1) is 29.7 Å². The summed E-state index contributed by atoms with van der Waals surface area (Å²) < 4.78 is 26.9. The van der Waals surface area contributed by atoms with Crippen LogP contribution in [-0.2, 0) is 21.2 Å². The number of unbranched alkanes of at least 4 members (excludes halogenated alkanes) is 1. The summed E-state index contributed by atoms with van der Waals surface area (Å²) in [4.78, 5) is 25.8. The maximum Gasteiger partial charge on any atom is 0.255 e. The standard InChI is InChI=1S/C33H44N4O6S/c1-3-4-16-35-32(40)24-11-13-28(14-12-24)44(42,43)37(34)21-27(38)19-26(18-23-8-6-5-7-9-23)33(41)36-31-29-15-10-22(2)17-25(29)20-30(31)39/h5-15,22,26-27,30-31,38-39H,3-4,16-21,34H2,1-2H3,(H,35,40)(H,36,41). The van der Waals surface area contributed by atoms with Gasteiger partial charge in [-0.25, -0.2) is 8.42 Å². The van der Waals surface area contributed by atoms with E-state index in [1.807, 2.05) is 43.3 Å². The lowest BCUT2D eigenvalue weighted by atomic mass is 9.90. The number of carbonyl (C=O) groups is 2. The first kappa shape index (κ1) is 33.5. The van der Waals surface area contributed by atoms with E-state index < -0.39 is 40.7 Å². The van der Waals surface area contributed by atoms with E-state index in [1.165, 1.54) is 24.3 Å². The van der Waals surface area contributed by atoms with Gasteiger partial charge in [0, 0.05) is 18.0 Å². The van der Waals surface area contributed by atoms with Crippen LogP contribution < -0.4 is 16.5 Å². The van der Waals surface area contributed by atoms with E-state index in [0.717, 1.165) is 36.0 Å². The molecule has 0 heterocycles. The van der Waals surface area contributed by atoms with E-state index in [0.29, 0.717) is 35.3 Å². The highest BCUT2D eigenvalue weighted by molar-refractivity contribution is 7.89. The van der Waals surface area contributed by atoms with Crippen LogP contribution in [0.25, 0.3) is 0 Å². The fraction of sp³-hybridized carbons (Fsp3) is 0.455. The smallest absolute Gasteiger partial charge is 0.255 e. The van der Waals surface area contributed by atoms with Crippen LogP contribution in [0.4, 0.5) is 0 Å². The summed E-state index contributed by atoms with van der Waals surface area (Å²) >= 11 is 0. The Hall–Kier alpha value is -3.35. The molecule has 6 N–H and O–H groups in total. The van der Waals surface area contributed by atoms with E-state index in [4.69, 9.17) is 5.84 Å². The molecule has 2 aliphatic rings. The second-order valence-electron chi connectivity index (χ2n) is 11.8. The molecule has 2 aromatic carbocycles. The van der Waals surface area contributed by atoms with Crippen LogP contribution in [0, 0.1) is 11.8 Å². The van der Waals surface area contributed by atoms with Crippen molar-refractivity contribution in [1.29, 1.82) is 0 Å². The molecule has 238 valence electrons. The highest BCUT2D eigenvalue weighted by Crippen LogP contribution is 2.36. The van der Waals surface area contributed by atoms with Gasteiger partial charge >= 0.3 is 0 Å². The van der Waals surface area contributed by atoms with Gasteiger partial charge < -0.3 is 20.8 Å². The number of carbonyl (C=O) groups excluding carboxylic acids is 2. The lowest BCUT2D eigenvalue weighted by Gasteiger charge is -2.26. The van der Waals surface area contributed by atoms with Crippen LogP contribution >= 0.6 is 0 Å². The van der Waals surface area contributed by atoms with Crippen LogP contribution in [0.1, 0.15) is 61.9 Å². The molecule has 2 aliphatic carbocycles. The molecular formula is C33H44N4O6S. The fourth-order valence-electron chi connectivity index (χ4n) is 5.79. The Morgan fingerprint density at radius 2 is 1.80 bits per heavy atom. The predicted molar refractivity (Wildman–Crippen MR) is 169 cm³/mol. The molecule has 0 spiro atoms. The van der Waals surface area contributed by atoms with Gasteiger partial charge in [0.1, 0.15) is 0 Å². The minimum absolute atomic E-state index is 0.0532. The molecule has 2 amide bonds. The molecule has 0 saturated carbocycles. The quantitative estimate of drug-likeness (QED) is 0.123. The van der Waals surface area contributed by atoms with Crippen molar-refractivity contribution in [3.8, 4) is 0 Å². The highest BCUT2D eigenvalue weighted by atomic mass is 32.2. The van der Waals surface area contributed by atoms with Crippen molar-refractivity contribution < 1.29 is 28.2 Å². The van der Waals surface area contributed by atoms with Crippen molar-refractivity contribution in [1.82, 2.24) is 15.0 Å². The number of rotatable bonds is 14. The Morgan fingerprint density at radius 1 is 1.09 bits per heavy atom. The Kier molecular flexibility index (Phi) is 11.5. The summed E-state index contributed by atoms with van der Waals surface area (Å²) in [5, 5.41) is 27.5. The van der Waals surface area contributed by atoms with Gasteiger partial charge in [-0.1, -0.05) is 68.3 Å². The lowest BCUT2D eigenvalue weighted by Crippen LogP contribution is -2.47. The lowest BCUT2D eigenvalue weighted by molar-refractivity contribution is -0.127. The zero-order valence-corrected chi connectivity index (χ0v) is 26.2. The van der Waals surface area contributed by atoms with Gasteiger partial charge in [-0.3, -0.25) is 15.4 Å². The van der Waals surface area contributed by atoms with Crippen molar-refractivity contribution in [2.24, 2.45) is 17.7 Å². The Labute approximate surface area is 260 Å². The number of aliphatic hydroxyl groups is 2. The normalized spacial score (nSPS) is 21.2. The van der Waals surface area contributed by atoms with Gasteiger partial charge in [-0.2, -0.15) is 0 Å². The first-order chi connectivity index (χ1) is 21.0. The minimum atomic E-state index is -4.18. The first-order valence-corrected chi connectivity index (χ1v) is 16.7. The number of amides is 2. The molecule has 0 aromatic heterocycles. The maximum atomic E-state index is 13.6. The van der Waals surface area contributed by atoms with Crippen LogP contribution in [0.2, 0.25) is 0 Å². The average Bonchev–Trinajstić information content (AvgIpc) is 3.30. The minimum Gasteiger partial charge on any atom is -0.392 e. The second-order valence-corrected chi connectivity index (χ2v) is 13.7. The average molecular weight is 625 g/mol. The molecule has 5 unspecified atom stereocenters.